The smallest absolute Gasteiger partial charge is 0.343 e. The number of benzene rings is 2. The number of nitrogens with one attached hydrogen (secondary N) is 1. The van der Waals surface area contributed by atoms with Crippen molar-refractivity contribution in [1.29, 1.82) is 0 Å². The van der Waals surface area contributed by atoms with Gasteiger partial charge in [-0.2, -0.15) is 0 Å². The number of esters is 1. The molecule has 0 radical (unpaired) electrons. The van der Waals surface area contributed by atoms with Crippen LogP contribution in [0.5, 0.6) is 5.75 Å². The molecular weight excluding hydrogens is 330 g/mol. The van der Waals surface area contributed by atoms with Gasteiger partial charge in [0.25, 0.3) is 5.91 Å². The number of aryl methyl sites for hydroxylation is 2. The van der Waals surface area contributed by atoms with E-state index in [1.807, 2.05) is 19.1 Å². The van der Waals surface area contributed by atoms with E-state index in [1.165, 1.54) is 11.8 Å². The highest BCUT2D eigenvalue weighted by Gasteiger charge is 2.14. The van der Waals surface area contributed by atoms with E-state index in [2.05, 4.69) is 12.2 Å². The summed E-state index contributed by atoms with van der Waals surface area (Å²) in [5.41, 5.74) is 2.88. The number of ether oxygens (including phenoxy) is 1. The van der Waals surface area contributed by atoms with Crippen LogP contribution in [0, 0.1) is 6.92 Å². The monoisotopic (exact) mass is 349 g/mol. The number of rotatable bonds is 5. The molecule has 0 spiro atoms. The molecule has 0 aliphatic heterocycles. The first-order chi connectivity index (χ1) is 12.6. The zero-order chi connectivity index (χ0) is 18.5. The number of hydrogen-bond acceptors (Lipinski definition) is 4. The second-order valence-electron chi connectivity index (χ2n) is 5.85. The first kappa shape index (κ1) is 17.5. The Labute approximate surface area is 151 Å². The lowest BCUT2D eigenvalue weighted by Gasteiger charge is -2.10. The Morgan fingerprint density at radius 2 is 1.85 bits per heavy atom. The van der Waals surface area contributed by atoms with Gasteiger partial charge in [-0.05, 0) is 60.9 Å². The summed E-state index contributed by atoms with van der Waals surface area (Å²) < 4.78 is 10.5. The minimum absolute atomic E-state index is 0.202. The number of furan rings is 1. The topological polar surface area (TPSA) is 68.5 Å². The molecule has 5 nitrogen and oxygen atoms in total. The van der Waals surface area contributed by atoms with Gasteiger partial charge >= 0.3 is 5.97 Å². The predicted molar refractivity (Wildman–Crippen MR) is 98.6 cm³/mol. The lowest BCUT2D eigenvalue weighted by atomic mass is 10.1. The molecule has 0 bridgehead atoms. The highest BCUT2D eigenvalue weighted by atomic mass is 16.5. The first-order valence-electron chi connectivity index (χ1n) is 8.33. The zero-order valence-electron chi connectivity index (χ0n) is 14.6. The molecule has 26 heavy (non-hydrogen) atoms. The summed E-state index contributed by atoms with van der Waals surface area (Å²) in [6.45, 7) is 3.90. The summed E-state index contributed by atoms with van der Waals surface area (Å²) in [5, 5.41) is 2.75. The summed E-state index contributed by atoms with van der Waals surface area (Å²) in [6, 6.07) is 15.6. The van der Waals surface area contributed by atoms with Crippen LogP contribution in [-0.4, -0.2) is 11.9 Å². The maximum absolute atomic E-state index is 12.4. The molecule has 5 heteroatoms. The lowest BCUT2D eigenvalue weighted by molar-refractivity contribution is 0.0734. The van der Waals surface area contributed by atoms with E-state index in [-0.39, 0.29) is 11.7 Å². The fourth-order valence-electron chi connectivity index (χ4n) is 2.43. The third-order valence-electron chi connectivity index (χ3n) is 4.01. The van der Waals surface area contributed by atoms with Crippen LogP contribution >= 0.6 is 0 Å². The Hall–Kier alpha value is -3.34. The van der Waals surface area contributed by atoms with Crippen LogP contribution in [0.4, 0.5) is 5.69 Å². The number of amides is 1. The largest absolute Gasteiger partial charge is 0.459 e. The lowest BCUT2D eigenvalue weighted by Crippen LogP contribution is -2.14. The molecule has 1 heterocycles. The third-order valence-corrected chi connectivity index (χ3v) is 4.01. The Kier molecular flexibility index (Phi) is 5.17. The van der Waals surface area contributed by atoms with E-state index < -0.39 is 5.97 Å². The van der Waals surface area contributed by atoms with Gasteiger partial charge in [-0.25, -0.2) is 4.79 Å². The Morgan fingerprint density at radius 1 is 1.08 bits per heavy atom. The molecule has 2 aromatic carbocycles. The molecule has 0 saturated carbocycles. The second kappa shape index (κ2) is 7.70. The molecule has 3 aromatic rings. The van der Waals surface area contributed by atoms with Crippen molar-refractivity contribution in [3.05, 3.63) is 83.3 Å². The molecule has 1 N–H and O–H groups in total. The number of carbonyl (C=O) groups excluding carboxylic acids is 2. The van der Waals surface area contributed by atoms with Crippen molar-refractivity contribution in [1.82, 2.24) is 0 Å². The number of carbonyl (C=O) groups is 2. The average molecular weight is 349 g/mol. The summed E-state index contributed by atoms with van der Waals surface area (Å²) in [6.07, 6.45) is 2.35. The van der Waals surface area contributed by atoms with Crippen LogP contribution < -0.4 is 10.1 Å². The van der Waals surface area contributed by atoms with Gasteiger partial charge in [0.1, 0.15) is 5.75 Å². The van der Waals surface area contributed by atoms with Gasteiger partial charge < -0.3 is 14.5 Å². The fraction of sp³-hybridized carbons (Fsp3) is 0.143. The SMILES string of the molecule is CCc1ccc(OC(=O)c2ccc(C)c(NC(=O)c3ccco3)c2)cc1. The molecule has 132 valence electrons. The minimum Gasteiger partial charge on any atom is -0.459 e. The number of hydrogen-bond donors (Lipinski definition) is 1. The summed E-state index contributed by atoms with van der Waals surface area (Å²) in [4.78, 5) is 24.5. The molecule has 0 aliphatic rings. The molecule has 1 aromatic heterocycles. The molecule has 3 rings (SSSR count). The van der Waals surface area contributed by atoms with Gasteiger partial charge in [-0.15, -0.1) is 0 Å². The van der Waals surface area contributed by atoms with Gasteiger partial charge in [-0.3, -0.25) is 4.79 Å². The van der Waals surface area contributed by atoms with Crippen molar-refractivity contribution >= 4 is 17.6 Å². The Balaban J connectivity index is 1.75. The maximum Gasteiger partial charge on any atom is 0.343 e. The van der Waals surface area contributed by atoms with E-state index in [0.29, 0.717) is 17.0 Å². The van der Waals surface area contributed by atoms with Crippen LogP contribution in [0.15, 0.2) is 65.3 Å². The van der Waals surface area contributed by atoms with E-state index >= 15 is 0 Å². The fourth-order valence-corrected chi connectivity index (χ4v) is 2.43. The standard InChI is InChI=1S/C21H19NO4/c1-3-15-7-10-17(11-8-15)26-21(24)16-9-6-14(2)18(13-16)22-20(23)19-5-4-12-25-19/h4-13H,3H2,1-2H3,(H,22,23). The molecule has 0 unspecified atom stereocenters. The van der Waals surface area contributed by atoms with Crippen LogP contribution in [0.2, 0.25) is 0 Å². The van der Waals surface area contributed by atoms with Crippen molar-refractivity contribution in [3.63, 3.8) is 0 Å². The highest BCUT2D eigenvalue weighted by molar-refractivity contribution is 6.03. The van der Waals surface area contributed by atoms with Crippen LogP contribution in [-0.2, 0) is 6.42 Å². The number of anilines is 1. The molecule has 0 aliphatic carbocycles. The Morgan fingerprint density at radius 3 is 2.50 bits per heavy atom. The average Bonchev–Trinajstić information content (AvgIpc) is 3.19. The minimum atomic E-state index is -0.484. The first-order valence-corrected chi connectivity index (χ1v) is 8.33. The van der Waals surface area contributed by atoms with E-state index in [1.54, 1.807) is 42.5 Å². The van der Waals surface area contributed by atoms with Crippen molar-refractivity contribution in [3.8, 4) is 5.75 Å². The molecule has 0 fully saturated rings. The van der Waals surface area contributed by atoms with E-state index in [9.17, 15) is 9.59 Å². The van der Waals surface area contributed by atoms with E-state index in [0.717, 1.165) is 12.0 Å². The highest BCUT2D eigenvalue weighted by Crippen LogP contribution is 2.20. The molecule has 0 atom stereocenters. The van der Waals surface area contributed by atoms with Gasteiger partial charge in [0.05, 0.1) is 11.8 Å². The van der Waals surface area contributed by atoms with Crippen LogP contribution in [0.25, 0.3) is 0 Å². The van der Waals surface area contributed by atoms with Crippen molar-refractivity contribution < 1.29 is 18.7 Å². The van der Waals surface area contributed by atoms with Crippen molar-refractivity contribution in [2.75, 3.05) is 5.32 Å². The van der Waals surface area contributed by atoms with E-state index in [4.69, 9.17) is 9.15 Å². The predicted octanol–water partition coefficient (Wildman–Crippen LogP) is 4.62. The molecule has 1 amide bonds. The van der Waals surface area contributed by atoms with Crippen LogP contribution in [0.3, 0.4) is 0 Å². The maximum atomic E-state index is 12.4. The Bertz CT molecular complexity index is 912. The van der Waals surface area contributed by atoms with Gasteiger partial charge in [-0.1, -0.05) is 25.1 Å². The van der Waals surface area contributed by atoms with Crippen LogP contribution in [0.1, 0.15) is 39.0 Å². The van der Waals surface area contributed by atoms with Gasteiger partial charge in [0, 0.05) is 5.69 Å². The van der Waals surface area contributed by atoms with Gasteiger partial charge in [0.15, 0.2) is 5.76 Å². The second-order valence-corrected chi connectivity index (χ2v) is 5.85. The van der Waals surface area contributed by atoms with Gasteiger partial charge in [0.2, 0.25) is 0 Å². The normalized spacial score (nSPS) is 10.4. The zero-order valence-corrected chi connectivity index (χ0v) is 14.6. The van der Waals surface area contributed by atoms with Crippen molar-refractivity contribution in [2.24, 2.45) is 0 Å². The summed E-state index contributed by atoms with van der Waals surface area (Å²) in [5.74, 6) is -0.177. The molecule has 0 saturated heterocycles. The third kappa shape index (κ3) is 4.00. The quantitative estimate of drug-likeness (QED) is 0.539. The summed E-state index contributed by atoms with van der Waals surface area (Å²) >= 11 is 0. The summed E-state index contributed by atoms with van der Waals surface area (Å²) in [7, 11) is 0. The molecular formula is C21H19NO4. The van der Waals surface area contributed by atoms with Crippen molar-refractivity contribution in [2.45, 2.75) is 20.3 Å².